The number of nitrogens with one attached hydrogen (secondary N) is 1. The Morgan fingerprint density at radius 2 is 1.89 bits per heavy atom. The number of aliphatic hydroxyl groups is 1. The first-order valence-corrected chi connectivity index (χ1v) is 12.7. The van der Waals surface area contributed by atoms with E-state index < -0.39 is 6.10 Å². The predicted molar refractivity (Wildman–Crippen MR) is 141 cm³/mol. The summed E-state index contributed by atoms with van der Waals surface area (Å²) in [5.41, 5.74) is 5.88. The number of ether oxygens (including phenoxy) is 2. The standard InChI is InChI=1S/C30H41NO4/c1-6-34-29(33)14-13-24-12-11-21(2)15-28(24)22(3)35-20-27(32)19-31-30(4,5)18-23-16-25-9-7-8-10-26(25)17-23/h7-15,22-23,27,31-32H,6,16-20H2,1-5H3/b14-13+/t22-,27-/m1/s1. The molecule has 2 aromatic carbocycles. The normalized spacial score (nSPS) is 15.8. The van der Waals surface area contributed by atoms with Gasteiger partial charge in [0.2, 0.25) is 0 Å². The monoisotopic (exact) mass is 479 g/mol. The molecule has 0 aromatic heterocycles. The van der Waals surface area contributed by atoms with Gasteiger partial charge in [-0.05, 0) is 88.1 Å². The summed E-state index contributed by atoms with van der Waals surface area (Å²) in [5.74, 6) is 0.268. The van der Waals surface area contributed by atoms with Gasteiger partial charge >= 0.3 is 5.97 Å². The first-order valence-electron chi connectivity index (χ1n) is 12.7. The second-order valence-electron chi connectivity index (χ2n) is 10.4. The van der Waals surface area contributed by atoms with Gasteiger partial charge in [0, 0.05) is 18.2 Å². The van der Waals surface area contributed by atoms with Crippen LogP contribution in [0.3, 0.4) is 0 Å². The smallest absolute Gasteiger partial charge is 0.330 e. The van der Waals surface area contributed by atoms with Gasteiger partial charge < -0.3 is 19.9 Å². The lowest BCUT2D eigenvalue weighted by molar-refractivity contribution is -0.137. The van der Waals surface area contributed by atoms with Gasteiger partial charge in [0.25, 0.3) is 0 Å². The summed E-state index contributed by atoms with van der Waals surface area (Å²) < 4.78 is 11.0. The molecule has 1 aliphatic carbocycles. The van der Waals surface area contributed by atoms with Crippen molar-refractivity contribution in [2.24, 2.45) is 5.92 Å². The number of aryl methyl sites for hydroxylation is 1. The molecule has 0 saturated heterocycles. The molecule has 0 saturated carbocycles. The third-order valence-corrected chi connectivity index (χ3v) is 6.66. The number of benzene rings is 2. The molecule has 0 heterocycles. The minimum absolute atomic E-state index is 0.0685. The van der Waals surface area contributed by atoms with Gasteiger partial charge in [-0.2, -0.15) is 0 Å². The Bertz CT molecular complexity index is 988. The Labute approximate surface area is 210 Å². The molecule has 3 rings (SSSR count). The Hall–Kier alpha value is -2.47. The zero-order valence-corrected chi connectivity index (χ0v) is 21.8. The fourth-order valence-corrected chi connectivity index (χ4v) is 4.93. The molecular formula is C30H41NO4. The number of β-amino-alcohol motifs (C(OH)–C–C–N with tert-alkyl or cyclic N) is 1. The molecule has 190 valence electrons. The quantitative estimate of drug-likeness (QED) is 0.324. The highest BCUT2D eigenvalue weighted by Crippen LogP contribution is 2.32. The summed E-state index contributed by atoms with van der Waals surface area (Å²) in [4.78, 5) is 11.7. The van der Waals surface area contributed by atoms with Crippen LogP contribution in [0.25, 0.3) is 6.08 Å². The van der Waals surface area contributed by atoms with Gasteiger partial charge in [0.1, 0.15) is 0 Å². The van der Waals surface area contributed by atoms with E-state index in [0.717, 1.165) is 36.0 Å². The second-order valence-corrected chi connectivity index (χ2v) is 10.4. The van der Waals surface area contributed by atoms with Crippen LogP contribution in [0.4, 0.5) is 0 Å². The molecular weight excluding hydrogens is 438 g/mol. The van der Waals surface area contributed by atoms with Crippen LogP contribution in [0.5, 0.6) is 0 Å². The maximum absolute atomic E-state index is 11.7. The van der Waals surface area contributed by atoms with E-state index >= 15 is 0 Å². The van der Waals surface area contributed by atoms with Crippen LogP contribution in [0.1, 0.15) is 68.0 Å². The summed E-state index contributed by atoms with van der Waals surface area (Å²) >= 11 is 0. The maximum atomic E-state index is 11.7. The van der Waals surface area contributed by atoms with Crippen molar-refractivity contribution in [3.8, 4) is 0 Å². The predicted octanol–water partition coefficient (Wildman–Crippen LogP) is 5.18. The van der Waals surface area contributed by atoms with Crippen molar-refractivity contribution in [2.75, 3.05) is 19.8 Å². The Balaban J connectivity index is 1.48. The fraction of sp³-hybridized carbons (Fsp3) is 0.500. The molecule has 2 atom stereocenters. The lowest BCUT2D eigenvalue weighted by Crippen LogP contribution is -2.45. The first kappa shape index (κ1) is 27.1. The third kappa shape index (κ3) is 8.31. The van der Waals surface area contributed by atoms with Gasteiger partial charge in [-0.3, -0.25) is 0 Å². The number of hydrogen-bond donors (Lipinski definition) is 2. The Morgan fingerprint density at radius 3 is 2.54 bits per heavy atom. The first-order chi connectivity index (χ1) is 16.7. The van der Waals surface area contributed by atoms with Crippen molar-refractivity contribution < 1.29 is 19.4 Å². The van der Waals surface area contributed by atoms with E-state index in [-0.39, 0.29) is 24.2 Å². The van der Waals surface area contributed by atoms with Gasteiger partial charge in [-0.1, -0.05) is 48.0 Å². The number of aliphatic hydroxyl groups excluding tert-OH is 1. The molecule has 0 radical (unpaired) electrons. The van der Waals surface area contributed by atoms with E-state index in [1.54, 1.807) is 13.0 Å². The summed E-state index contributed by atoms with van der Waals surface area (Å²) in [6.07, 6.45) is 5.69. The van der Waals surface area contributed by atoms with Gasteiger partial charge in [0.05, 0.1) is 25.4 Å². The lowest BCUT2D eigenvalue weighted by atomic mass is 9.88. The van der Waals surface area contributed by atoms with Crippen LogP contribution in [0.15, 0.2) is 48.5 Å². The number of rotatable bonds is 12. The van der Waals surface area contributed by atoms with Crippen LogP contribution in [-0.4, -0.2) is 42.5 Å². The van der Waals surface area contributed by atoms with Crippen molar-refractivity contribution in [3.63, 3.8) is 0 Å². The number of fused-ring (bicyclic) bond motifs is 1. The number of carbonyl (C=O) groups excluding carboxylic acids is 1. The molecule has 0 spiro atoms. The van der Waals surface area contributed by atoms with E-state index in [0.29, 0.717) is 19.1 Å². The summed E-state index contributed by atoms with van der Waals surface area (Å²) in [5, 5.41) is 14.2. The topological polar surface area (TPSA) is 67.8 Å². The molecule has 2 aromatic rings. The van der Waals surface area contributed by atoms with Crippen LogP contribution in [0, 0.1) is 12.8 Å². The van der Waals surface area contributed by atoms with E-state index in [1.165, 1.54) is 17.2 Å². The largest absolute Gasteiger partial charge is 0.463 e. The second kappa shape index (κ2) is 12.5. The molecule has 0 bridgehead atoms. The Morgan fingerprint density at radius 1 is 1.20 bits per heavy atom. The van der Waals surface area contributed by atoms with Gasteiger partial charge in [-0.15, -0.1) is 0 Å². The molecule has 5 heteroatoms. The van der Waals surface area contributed by atoms with Crippen molar-refractivity contribution in [1.29, 1.82) is 0 Å². The van der Waals surface area contributed by atoms with Gasteiger partial charge in [0.15, 0.2) is 0 Å². The van der Waals surface area contributed by atoms with E-state index in [9.17, 15) is 9.90 Å². The summed E-state index contributed by atoms with van der Waals surface area (Å²) in [7, 11) is 0. The highest BCUT2D eigenvalue weighted by Gasteiger charge is 2.28. The average Bonchev–Trinajstić information content (AvgIpc) is 3.22. The molecule has 5 nitrogen and oxygen atoms in total. The minimum Gasteiger partial charge on any atom is -0.463 e. The lowest BCUT2D eigenvalue weighted by Gasteiger charge is -2.31. The minimum atomic E-state index is -0.610. The molecule has 0 fully saturated rings. The number of esters is 1. The zero-order valence-electron chi connectivity index (χ0n) is 21.8. The summed E-state index contributed by atoms with van der Waals surface area (Å²) in [6, 6.07) is 14.8. The van der Waals surface area contributed by atoms with Crippen LogP contribution >= 0.6 is 0 Å². The zero-order chi connectivity index (χ0) is 25.4. The molecule has 1 aliphatic rings. The highest BCUT2D eigenvalue weighted by molar-refractivity contribution is 5.87. The fourth-order valence-electron chi connectivity index (χ4n) is 4.93. The van der Waals surface area contributed by atoms with Crippen LogP contribution < -0.4 is 5.32 Å². The molecule has 0 amide bonds. The number of hydrogen-bond acceptors (Lipinski definition) is 5. The van der Waals surface area contributed by atoms with Crippen LogP contribution in [0.2, 0.25) is 0 Å². The highest BCUT2D eigenvalue weighted by atomic mass is 16.5. The van der Waals surface area contributed by atoms with Crippen molar-refractivity contribution in [2.45, 2.75) is 71.6 Å². The van der Waals surface area contributed by atoms with Crippen LogP contribution in [-0.2, 0) is 27.1 Å². The third-order valence-electron chi connectivity index (χ3n) is 6.66. The Kier molecular flexibility index (Phi) is 9.67. The summed E-state index contributed by atoms with van der Waals surface area (Å²) in [6.45, 7) is 11.3. The SMILES string of the molecule is CCOC(=O)/C=C/c1ccc(C)cc1[C@@H](C)OC[C@H](O)CNC(C)(C)CC1Cc2ccccc2C1. The average molecular weight is 480 g/mol. The van der Waals surface area contributed by atoms with Crippen molar-refractivity contribution >= 4 is 12.0 Å². The van der Waals surface area contributed by atoms with Gasteiger partial charge in [-0.25, -0.2) is 4.79 Å². The molecule has 0 unspecified atom stereocenters. The van der Waals surface area contributed by atoms with E-state index in [2.05, 4.69) is 49.5 Å². The van der Waals surface area contributed by atoms with Crippen molar-refractivity contribution in [3.05, 3.63) is 76.4 Å². The van der Waals surface area contributed by atoms with Crippen molar-refractivity contribution in [1.82, 2.24) is 5.32 Å². The number of carbonyl (C=O) groups is 1. The molecule has 2 N–H and O–H groups in total. The molecule has 0 aliphatic heterocycles. The maximum Gasteiger partial charge on any atom is 0.330 e. The van der Waals surface area contributed by atoms with E-state index in [1.807, 2.05) is 26.0 Å². The molecule has 35 heavy (non-hydrogen) atoms. The van der Waals surface area contributed by atoms with E-state index in [4.69, 9.17) is 9.47 Å².